The molecule has 2 heterocycles. The average Bonchev–Trinajstić information content (AvgIpc) is 3.22. The fourth-order valence-electron chi connectivity index (χ4n) is 3.94. The summed E-state index contributed by atoms with van der Waals surface area (Å²) in [5, 5.41) is 2.48. The lowest BCUT2D eigenvalue weighted by Crippen LogP contribution is -2.59. The van der Waals surface area contributed by atoms with Crippen LogP contribution in [0.1, 0.15) is 23.1 Å². The van der Waals surface area contributed by atoms with Crippen molar-refractivity contribution in [2.75, 3.05) is 25.1 Å². The Morgan fingerprint density at radius 3 is 2.26 bits per heavy atom. The van der Waals surface area contributed by atoms with Crippen LogP contribution in [0.25, 0.3) is 0 Å². The highest BCUT2D eigenvalue weighted by molar-refractivity contribution is 7.99. The van der Waals surface area contributed by atoms with Crippen LogP contribution in [0, 0.1) is 5.82 Å². The average molecular weight is 539 g/mol. The maximum atomic E-state index is 15.1. The molecule has 0 radical (unpaired) electrons. The van der Waals surface area contributed by atoms with Gasteiger partial charge in [0.25, 0.3) is 5.60 Å². The quantitative estimate of drug-likeness (QED) is 0.342. The summed E-state index contributed by atoms with van der Waals surface area (Å²) in [4.78, 5) is 18.2. The van der Waals surface area contributed by atoms with Gasteiger partial charge in [0, 0.05) is 12.0 Å². The van der Waals surface area contributed by atoms with E-state index in [-0.39, 0.29) is 30.5 Å². The summed E-state index contributed by atoms with van der Waals surface area (Å²) in [6.45, 7) is -0.169. The third-order valence-electron chi connectivity index (χ3n) is 5.88. The molecule has 2 aromatic carbocycles. The summed E-state index contributed by atoms with van der Waals surface area (Å²) in [5.41, 5.74) is -4.54. The second kappa shape index (κ2) is 8.87. The van der Waals surface area contributed by atoms with Crippen molar-refractivity contribution in [1.82, 2.24) is 4.90 Å². The molecular formula is C22H17Cl2F5N2O2S. The standard InChI is InChI=1S/C22H17Cl2F5N2O2S/c1-34-9-18(32)31-10-20(26,11-31)13-4-2-12(3-5-13)17-8-21(33-30-17,22(27,28)29)14-6-15(23)19(25)16(24)7-14/h2-7H,8-11H2,1H3. The summed E-state index contributed by atoms with van der Waals surface area (Å²) in [5.74, 6) is -0.927. The van der Waals surface area contributed by atoms with Crippen molar-refractivity contribution in [3.8, 4) is 0 Å². The maximum absolute atomic E-state index is 15.1. The largest absolute Gasteiger partial charge is 0.435 e. The second-order valence-electron chi connectivity index (χ2n) is 8.11. The van der Waals surface area contributed by atoms with Crippen molar-refractivity contribution in [3.05, 3.63) is 69.0 Å². The molecule has 0 saturated carbocycles. The van der Waals surface area contributed by atoms with E-state index in [9.17, 15) is 22.4 Å². The van der Waals surface area contributed by atoms with Gasteiger partial charge in [0.1, 0.15) is 0 Å². The zero-order chi connectivity index (χ0) is 24.9. The molecule has 1 unspecified atom stereocenters. The fraction of sp³-hybridized carbons (Fsp3) is 0.364. The minimum absolute atomic E-state index is 0.0289. The first-order chi connectivity index (χ1) is 15.9. The Morgan fingerprint density at radius 2 is 1.74 bits per heavy atom. The molecule has 0 aromatic heterocycles. The topological polar surface area (TPSA) is 41.9 Å². The SMILES string of the molecule is CSCC(=O)N1CC(F)(c2ccc(C3=NOC(c4cc(Cl)c(F)c(Cl)c4)(C(F)(F)F)C3)cc2)C1. The number of thioether (sulfide) groups is 1. The van der Waals surface area contributed by atoms with E-state index in [1.165, 1.54) is 40.9 Å². The molecule has 2 aliphatic heterocycles. The Labute approximate surface area is 206 Å². The number of hydrogen-bond donors (Lipinski definition) is 0. The van der Waals surface area contributed by atoms with Gasteiger partial charge in [-0.05, 0) is 29.5 Å². The highest BCUT2D eigenvalue weighted by atomic mass is 35.5. The van der Waals surface area contributed by atoms with Crippen LogP contribution < -0.4 is 0 Å². The monoisotopic (exact) mass is 538 g/mol. The number of likely N-dealkylation sites (tertiary alicyclic amines) is 1. The van der Waals surface area contributed by atoms with E-state index in [4.69, 9.17) is 28.0 Å². The molecule has 182 valence electrons. The van der Waals surface area contributed by atoms with Gasteiger partial charge in [-0.25, -0.2) is 8.78 Å². The van der Waals surface area contributed by atoms with E-state index >= 15 is 4.39 Å². The van der Waals surface area contributed by atoms with Crippen molar-refractivity contribution in [2.24, 2.45) is 5.16 Å². The third-order valence-corrected chi connectivity index (χ3v) is 6.96. The molecule has 0 bridgehead atoms. The number of nitrogens with zero attached hydrogens (tertiary/aromatic N) is 2. The molecule has 1 fully saturated rings. The molecule has 12 heteroatoms. The number of hydrogen-bond acceptors (Lipinski definition) is 4. The van der Waals surface area contributed by atoms with Crippen molar-refractivity contribution in [3.63, 3.8) is 0 Å². The number of carbonyl (C=O) groups is 1. The van der Waals surface area contributed by atoms with Gasteiger partial charge in [-0.3, -0.25) is 4.79 Å². The van der Waals surface area contributed by atoms with Crippen molar-refractivity contribution in [2.45, 2.75) is 23.9 Å². The van der Waals surface area contributed by atoms with E-state index in [0.717, 1.165) is 12.1 Å². The number of amides is 1. The number of halogens is 7. The summed E-state index contributed by atoms with van der Waals surface area (Å²) in [6, 6.07) is 7.42. The smallest absolute Gasteiger partial charge is 0.374 e. The van der Waals surface area contributed by atoms with Crippen LogP contribution in [0.2, 0.25) is 10.0 Å². The molecule has 1 saturated heterocycles. The number of oxime groups is 1. The minimum Gasteiger partial charge on any atom is -0.374 e. The van der Waals surface area contributed by atoms with Crippen molar-refractivity contribution < 1.29 is 31.6 Å². The Hall–Kier alpha value is -2.04. The van der Waals surface area contributed by atoms with E-state index in [0.29, 0.717) is 11.1 Å². The molecule has 4 nitrogen and oxygen atoms in total. The predicted octanol–water partition coefficient (Wildman–Crippen LogP) is 6.08. The first kappa shape index (κ1) is 25.1. The van der Waals surface area contributed by atoms with Gasteiger partial charge in [-0.1, -0.05) is 52.6 Å². The number of benzene rings is 2. The molecule has 34 heavy (non-hydrogen) atoms. The summed E-state index contributed by atoms with van der Waals surface area (Å²) < 4.78 is 71.3. The molecular weight excluding hydrogens is 522 g/mol. The minimum atomic E-state index is -4.93. The van der Waals surface area contributed by atoms with Gasteiger partial charge >= 0.3 is 6.18 Å². The molecule has 2 aliphatic rings. The van der Waals surface area contributed by atoms with Gasteiger partial charge in [0.15, 0.2) is 11.5 Å². The summed E-state index contributed by atoms with van der Waals surface area (Å²) in [6.07, 6.45) is -3.86. The first-order valence-corrected chi connectivity index (χ1v) is 12.1. The van der Waals surface area contributed by atoms with E-state index in [1.807, 2.05) is 0 Å². The van der Waals surface area contributed by atoms with Gasteiger partial charge < -0.3 is 9.74 Å². The molecule has 0 aliphatic carbocycles. The van der Waals surface area contributed by atoms with Crippen molar-refractivity contribution in [1.29, 1.82) is 0 Å². The normalized spacial score (nSPS) is 21.6. The zero-order valence-electron chi connectivity index (χ0n) is 17.6. The van der Waals surface area contributed by atoms with Gasteiger partial charge in [0.2, 0.25) is 5.91 Å². The molecule has 0 N–H and O–H groups in total. The Morgan fingerprint density at radius 1 is 1.15 bits per heavy atom. The van der Waals surface area contributed by atoms with Crippen LogP contribution in [0.4, 0.5) is 22.0 Å². The summed E-state index contributed by atoms with van der Waals surface area (Å²) >= 11 is 12.8. The molecule has 1 atom stereocenters. The van der Waals surface area contributed by atoms with E-state index < -0.39 is 45.3 Å². The Kier molecular flexibility index (Phi) is 6.54. The van der Waals surface area contributed by atoms with Crippen LogP contribution in [-0.4, -0.2) is 47.8 Å². The third kappa shape index (κ3) is 4.24. The maximum Gasteiger partial charge on any atom is 0.435 e. The van der Waals surface area contributed by atoms with Crippen molar-refractivity contribution >= 4 is 46.6 Å². The first-order valence-electron chi connectivity index (χ1n) is 9.93. The van der Waals surface area contributed by atoms with Gasteiger partial charge in [0.05, 0.1) is 34.6 Å². The van der Waals surface area contributed by atoms with Crippen LogP contribution in [0.5, 0.6) is 0 Å². The number of rotatable bonds is 5. The zero-order valence-corrected chi connectivity index (χ0v) is 19.9. The molecule has 4 rings (SSSR count). The predicted molar refractivity (Wildman–Crippen MR) is 121 cm³/mol. The van der Waals surface area contributed by atoms with Crippen LogP contribution >= 0.6 is 35.0 Å². The Bertz CT molecular complexity index is 1130. The lowest BCUT2D eigenvalue weighted by atomic mass is 9.85. The van der Waals surface area contributed by atoms with Gasteiger partial charge in [-0.15, -0.1) is 0 Å². The van der Waals surface area contributed by atoms with Crippen LogP contribution in [0.15, 0.2) is 41.6 Å². The van der Waals surface area contributed by atoms with E-state index in [1.54, 1.807) is 6.26 Å². The number of alkyl halides is 4. The van der Waals surface area contributed by atoms with E-state index in [2.05, 4.69) is 5.16 Å². The van der Waals surface area contributed by atoms with Crippen LogP contribution in [0.3, 0.4) is 0 Å². The lowest BCUT2D eigenvalue weighted by Gasteiger charge is -2.44. The van der Waals surface area contributed by atoms with Crippen LogP contribution in [-0.2, 0) is 20.9 Å². The highest BCUT2D eigenvalue weighted by Gasteiger charge is 2.62. The lowest BCUT2D eigenvalue weighted by molar-refractivity contribution is -0.275. The number of carbonyl (C=O) groups excluding carboxylic acids is 1. The molecule has 2 aromatic rings. The molecule has 1 amide bonds. The second-order valence-corrected chi connectivity index (χ2v) is 9.79. The summed E-state index contributed by atoms with van der Waals surface area (Å²) in [7, 11) is 0. The Balaban J connectivity index is 1.55. The fourth-order valence-corrected chi connectivity index (χ4v) is 4.86. The van der Waals surface area contributed by atoms with Gasteiger partial charge in [-0.2, -0.15) is 24.9 Å². The molecule has 0 spiro atoms. The highest BCUT2D eigenvalue weighted by Crippen LogP contribution is 2.50.